The molecule has 5 nitrogen and oxygen atoms in total. The fourth-order valence-electron chi connectivity index (χ4n) is 1.09. The second-order valence-corrected chi connectivity index (χ2v) is 6.65. The van der Waals surface area contributed by atoms with Gasteiger partial charge in [0, 0.05) is 0 Å². The molecule has 72 valence electrons. The summed E-state index contributed by atoms with van der Waals surface area (Å²) < 4.78 is -0.227. The van der Waals surface area contributed by atoms with Crippen LogP contribution in [0.15, 0.2) is 22.6 Å². The summed E-state index contributed by atoms with van der Waals surface area (Å²) in [5, 5.41) is 18.0. The Bertz CT molecular complexity index is 402. The summed E-state index contributed by atoms with van der Waals surface area (Å²) in [4.78, 5) is 33.5. The van der Waals surface area contributed by atoms with Crippen molar-refractivity contribution in [2.45, 2.75) is 0 Å². The van der Waals surface area contributed by atoms with E-state index < -0.39 is 25.8 Å². The van der Waals surface area contributed by atoms with Gasteiger partial charge in [-0.3, -0.25) is 0 Å². The average Bonchev–Trinajstić information content (AvgIpc) is 2.16. The first-order valence-corrected chi connectivity index (χ1v) is 7.10. The van der Waals surface area contributed by atoms with Crippen molar-refractivity contribution in [3.63, 3.8) is 0 Å². The van der Waals surface area contributed by atoms with Crippen LogP contribution >= 0.6 is 0 Å². The number of hydrogen-bond acceptors (Lipinski definition) is 3. The first-order chi connectivity index (χ1) is 6.57. The van der Waals surface area contributed by atoms with E-state index in [0.29, 0.717) is 5.12 Å². The number of carboxylic acids is 2. The normalized spacial score (nSPS) is 15.0. The van der Waals surface area contributed by atoms with Crippen LogP contribution in [0.5, 0.6) is 0 Å². The third kappa shape index (κ3) is 1.87. The van der Waals surface area contributed by atoms with Crippen LogP contribution in [0.1, 0.15) is 0 Å². The fourth-order valence-corrected chi connectivity index (χ4v) is 4.05. The SMILES string of the molecule is O=[CH][Ge]1=[C](C(=O)O)C(C(=O)O)=CC=[CH]1. The summed E-state index contributed by atoms with van der Waals surface area (Å²) in [6, 6.07) is 0. The molecule has 0 aliphatic carbocycles. The molecule has 0 saturated carbocycles. The van der Waals surface area contributed by atoms with Crippen LogP contribution in [-0.2, 0) is 14.4 Å². The number of aliphatic carboxylic acids is 2. The maximum atomic E-state index is 10.7. The van der Waals surface area contributed by atoms with Crippen LogP contribution in [0, 0.1) is 0 Å². The number of rotatable bonds is 3. The first kappa shape index (κ1) is 10.6. The third-order valence-electron chi connectivity index (χ3n) is 1.67. The van der Waals surface area contributed by atoms with Gasteiger partial charge in [-0.25, -0.2) is 0 Å². The third-order valence-corrected chi connectivity index (χ3v) is 5.58. The van der Waals surface area contributed by atoms with E-state index in [2.05, 4.69) is 0 Å². The van der Waals surface area contributed by atoms with Gasteiger partial charge in [0.05, 0.1) is 0 Å². The summed E-state index contributed by atoms with van der Waals surface area (Å²) in [6.07, 6.45) is 2.63. The Hall–Kier alpha value is -1.50. The molecule has 0 bridgehead atoms. The van der Waals surface area contributed by atoms with Crippen LogP contribution in [0.3, 0.4) is 0 Å². The van der Waals surface area contributed by atoms with Crippen molar-refractivity contribution < 1.29 is 24.6 Å². The van der Waals surface area contributed by atoms with Gasteiger partial charge in [-0.05, 0) is 0 Å². The molecule has 0 unspecified atom stereocenters. The molecule has 0 amide bonds. The second kappa shape index (κ2) is 4.14. The molecule has 0 fully saturated rings. The Morgan fingerprint density at radius 2 is 1.93 bits per heavy atom. The Morgan fingerprint density at radius 3 is 2.36 bits per heavy atom. The van der Waals surface area contributed by atoms with Gasteiger partial charge < -0.3 is 0 Å². The molecule has 0 atom stereocenters. The standard InChI is InChI=1S/C8H6GeO5/c10-4-9-3-1-2-5(7(11)12)6(9)8(13)14/h1-4H,(H,11,12)(H,13,14). The zero-order valence-corrected chi connectivity index (χ0v) is 9.03. The van der Waals surface area contributed by atoms with Crippen molar-refractivity contribution in [3.8, 4) is 0 Å². The maximum absolute atomic E-state index is 10.7. The van der Waals surface area contributed by atoms with E-state index in [1.165, 1.54) is 17.1 Å². The number of hydrogen-bond donors (Lipinski definition) is 2. The van der Waals surface area contributed by atoms with Crippen LogP contribution in [0.2, 0.25) is 0 Å². The molecule has 0 saturated heterocycles. The molecule has 1 aliphatic rings. The van der Waals surface area contributed by atoms with Gasteiger partial charge in [0.15, 0.2) is 0 Å². The van der Waals surface area contributed by atoms with Gasteiger partial charge in [-0.15, -0.1) is 0 Å². The van der Waals surface area contributed by atoms with Gasteiger partial charge in [-0.2, -0.15) is 0 Å². The Balaban J connectivity index is 3.36. The molecule has 2 N–H and O–H groups in total. The molecule has 1 aliphatic heterocycles. The Labute approximate surface area is 83.0 Å². The summed E-state index contributed by atoms with van der Waals surface area (Å²) in [7, 11) is 0. The molecular formula is C8H6GeO5. The zero-order valence-electron chi connectivity index (χ0n) is 6.93. The average molecular weight is 255 g/mol. The number of carbonyl (C=O) groups is 3. The van der Waals surface area contributed by atoms with Crippen molar-refractivity contribution in [1.29, 1.82) is 0 Å². The van der Waals surface area contributed by atoms with Gasteiger partial charge >= 0.3 is 82.5 Å². The van der Waals surface area contributed by atoms with Crippen LogP contribution in [0.4, 0.5) is 0 Å². The zero-order chi connectivity index (χ0) is 10.7. The topological polar surface area (TPSA) is 91.7 Å². The van der Waals surface area contributed by atoms with E-state index in [9.17, 15) is 14.4 Å². The van der Waals surface area contributed by atoms with E-state index in [-0.39, 0.29) is 9.92 Å². The number of carboxylic acid groups (broad SMARTS) is 2. The van der Waals surface area contributed by atoms with E-state index >= 15 is 0 Å². The molecule has 1 heterocycles. The van der Waals surface area contributed by atoms with Gasteiger partial charge in [0.25, 0.3) is 0 Å². The van der Waals surface area contributed by atoms with Crippen LogP contribution in [-0.4, -0.2) is 45.5 Å². The van der Waals surface area contributed by atoms with Crippen molar-refractivity contribution >= 4 is 35.3 Å². The molecule has 0 radical (unpaired) electrons. The second-order valence-electron chi connectivity index (χ2n) is 2.50. The molecule has 0 aromatic heterocycles. The monoisotopic (exact) mass is 256 g/mol. The van der Waals surface area contributed by atoms with Crippen molar-refractivity contribution in [1.82, 2.24) is 0 Å². The van der Waals surface area contributed by atoms with Gasteiger partial charge in [0.2, 0.25) is 0 Å². The molecule has 0 aromatic carbocycles. The summed E-state index contributed by atoms with van der Waals surface area (Å²) in [6.45, 7) is 0. The van der Waals surface area contributed by atoms with Gasteiger partial charge in [0.1, 0.15) is 0 Å². The van der Waals surface area contributed by atoms with Crippen LogP contribution in [0.25, 0.3) is 0 Å². The summed E-state index contributed by atoms with van der Waals surface area (Å²) >= 11 is -2.67. The van der Waals surface area contributed by atoms with Crippen LogP contribution < -0.4 is 0 Å². The predicted molar refractivity (Wildman–Crippen MR) is 50.0 cm³/mol. The van der Waals surface area contributed by atoms with E-state index in [1.54, 1.807) is 0 Å². The fraction of sp³-hybridized carbons (Fsp3) is 0. The first-order valence-electron chi connectivity index (χ1n) is 3.62. The Morgan fingerprint density at radius 1 is 1.29 bits per heavy atom. The number of carbonyl (C=O) groups excluding carboxylic acids is 1. The molecule has 1 rings (SSSR count). The molecule has 0 spiro atoms. The molecule has 14 heavy (non-hydrogen) atoms. The summed E-state index contributed by atoms with van der Waals surface area (Å²) in [5.41, 5.74) is -0.276. The molecule has 0 aromatic rings. The van der Waals surface area contributed by atoms with Crippen molar-refractivity contribution in [2.24, 2.45) is 0 Å². The number of allylic oxidation sites excluding steroid dienone is 2. The Kier molecular flexibility index (Phi) is 3.13. The predicted octanol–water partition coefficient (Wildman–Crippen LogP) is -0.788. The summed E-state index contributed by atoms with van der Waals surface area (Å²) in [5.74, 6) is -2.62. The molecular weight excluding hydrogens is 249 g/mol. The van der Waals surface area contributed by atoms with E-state index in [1.807, 2.05) is 0 Å². The quantitative estimate of drug-likeness (QED) is 0.509. The van der Waals surface area contributed by atoms with Crippen molar-refractivity contribution in [2.75, 3.05) is 0 Å². The molecule has 6 heteroatoms. The van der Waals surface area contributed by atoms with E-state index in [4.69, 9.17) is 10.2 Å². The van der Waals surface area contributed by atoms with Gasteiger partial charge in [-0.1, -0.05) is 0 Å². The van der Waals surface area contributed by atoms with E-state index in [0.717, 1.165) is 0 Å². The minimum absolute atomic E-state index is 0.227. The minimum atomic E-state index is -2.67. The van der Waals surface area contributed by atoms with Crippen molar-refractivity contribution in [3.05, 3.63) is 22.6 Å².